The lowest BCUT2D eigenvalue weighted by Crippen LogP contribution is -2.34. The van der Waals surface area contributed by atoms with Crippen LogP contribution < -0.4 is 5.32 Å². The fourth-order valence-corrected chi connectivity index (χ4v) is 12.4. The van der Waals surface area contributed by atoms with Crippen LogP contribution in [0.25, 0.3) is 113 Å². The fourth-order valence-electron chi connectivity index (χ4n) is 11.3. The van der Waals surface area contributed by atoms with Gasteiger partial charge in [0.1, 0.15) is 12.0 Å². The van der Waals surface area contributed by atoms with Gasteiger partial charge in [0.05, 0.1) is 11.0 Å². The van der Waals surface area contributed by atoms with Gasteiger partial charge in [-0.3, -0.25) is 0 Å². The third-order valence-corrected chi connectivity index (χ3v) is 15.7. The van der Waals surface area contributed by atoms with Gasteiger partial charge in [-0.1, -0.05) is 170 Å². The average Bonchev–Trinajstić information content (AvgIpc) is 3.96. The van der Waals surface area contributed by atoms with Crippen LogP contribution in [0.4, 0.5) is 0 Å². The normalized spacial score (nSPS) is 14.1. The van der Waals surface area contributed by atoms with Crippen molar-refractivity contribution in [2.75, 3.05) is 0 Å². The number of benzene rings is 12. The Hall–Kier alpha value is -8.90. The zero-order valence-electron chi connectivity index (χ0n) is 37.8. The van der Waals surface area contributed by atoms with Crippen molar-refractivity contribution in [3.63, 3.8) is 0 Å². The van der Waals surface area contributed by atoms with Crippen LogP contribution >= 0.6 is 11.3 Å². The molecule has 2 aromatic heterocycles. The second-order valence-electron chi connectivity index (χ2n) is 18.5. The first-order valence-corrected chi connectivity index (χ1v) is 24.7. The first kappa shape index (κ1) is 39.1. The van der Waals surface area contributed by atoms with E-state index in [2.05, 4.69) is 240 Å². The van der Waals surface area contributed by atoms with Gasteiger partial charge in [-0.2, -0.15) is 0 Å². The largest absolute Gasteiger partial charge is 0.344 e. The van der Waals surface area contributed by atoms with Crippen molar-refractivity contribution >= 4 is 119 Å². The molecule has 0 fully saturated rings. The Bertz CT molecular complexity index is 4550. The molecule has 0 bridgehead atoms. The Morgan fingerprint density at radius 2 is 1.01 bits per heavy atom. The van der Waals surface area contributed by atoms with Gasteiger partial charge in [-0.25, -0.2) is 9.98 Å². The molecule has 5 heteroatoms. The number of aliphatic imine (C=N–C) groups is 2. The number of thiophene rings is 1. The minimum Gasteiger partial charge on any atom is -0.344 e. The van der Waals surface area contributed by atoms with E-state index < -0.39 is 6.17 Å². The van der Waals surface area contributed by atoms with Crippen LogP contribution in [0.5, 0.6) is 0 Å². The summed E-state index contributed by atoms with van der Waals surface area (Å²) in [6.07, 6.45) is -0.421. The number of hydrogen-bond acceptors (Lipinski definition) is 4. The molecule has 12 aromatic carbocycles. The molecule has 3 heterocycles. The van der Waals surface area contributed by atoms with Crippen LogP contribution in [0.2, 0.25) is 0 Å². The van der Waals surface area contributed by atoms with E-state index >= 15 is 0 Å². The minimum atomic E-state index is -0.421. The lowest BCUT2D eigenvalue weighted by Gasteiger charge is -2.26. The van der Waals surface area contributed by atoms with Gasteiger partial charge < -0.3 is 9.88 Å². The maximum atomic E-state index is 5.66. The van der Waals surface area contributed by atoms with Crippen LogP contribution in [0.15, 0.2) is 241 Å². The predicted octanol–water partition coefficient (Wildman–Crippen LogP) is 17.1. The molecule has 14 aromatic rings. The van der Waals surface area contributed by atoms with Crippen molar-refractivity contribution < 1.29 is 0 Å². The Labute approximate surface area is 406 Å². The Balaban J connectivity index is 1.01. The monoisotopic (exact) mass is 908 g/mol. The number of nitrogens with one attached hydrogen (secondary N) is 1. The third-order valence-electron chi connectivity index (χ3n) is 14.6. The number of aromatic nitrogens is 1. The van der Waals surface area contributed by atoms with Crippen molar-refractivity contribution in [3.8, 4) is 16.8 Å². The zero-order valence-corrected chi connectivity index (χ0v) is 38.6. The second kappa shape index (κ2) is 15.3. The van der Waals surface area contributed by atoms with Crippen LogP contribution in [0.3, 0.4) is 0 Å². The summed E-state index contributed by atoms with van der Waals surface area (Å²) in [5.74, 6) is 1.47. The van der Waals surface area contributed by atoms with Gasteiger partial charge in [0.25, 0.3) is 0 Å². The van der Waals surface area contributed by atoms with E-state index in [4.69, 9.17) is 9.98 Å². The van der Waals surface area contributed by atoms with Crippen molar-refractivity contribution in [1.82, 2.24) is 9.88 Å². The SMILES string of the molecule is c1ccc2cc(C3N=C(c4ccc(-n5c6ccccc6c6cc7ccccc7cc65)cc4-c4ccc5sc6ccccc6c5c4)N=C(c4cccc5c6ccccc6c6ccccc6c45)N3)ccc2c1. The quantitative estimate of drug-likeness (QED) is 0.172. The average molecular weight is 909 g/mol. The van der Waals surface area contributed by atoms with Crippen molar-refractivity contribution in [2.45, 2.75) is 6.17 Å². The van der Waals surface area contributed by atoms with Crippen molar-refractivity contribution in [2.24, 2.45) is 9.98 Å². The van der Waals surface area contributed by atoms with E-state index in [1.807, 2.05) is 11.3 Å². The summed E-state index contributed by atoms with van der Waals surface area (Å²) >= 11 is 1.84. The molecule has 1 N–H and O–H groups in total. The molecule has 0 amide bonds. The number of nitrogens with zero attached hydrogens (tertiary/aromatic N) is 3. The topological polar surface area (TPSA) is 41.7 Å². The van der Waals surface area contributed by atoms with Gasteiger partial charge >= 0.3 is 0 Å². The van der Waals surface area contributed by atoms with Crippen LogP contribution in [-0.4, -0.2) is 16.2 Å². The van der Waals surface area contributed by atoms with Crippen molar-refractivity contribution in [3.05, 3.63) is 247 Å². The van der Waals surface area contributed by atoms with Gasteiger partial charge in [0, 0.05) is 53.1 Å². The molecule has 0 aliphatic carbocycles. The number of amidine groups is 2. The minimum absolute atomic E-state index is 0.421. The first-order valence-electron chi connectivity index (χ1n) is 23.9. The molecular weight excluding hydrogens is 869 g/mol. The molecule has 70 heavy (non-hydrogen) atoms. The third kappa shape index (κ3) is 6.02. The summed E-state index contributed by atoms with van der Waals surface area (Å²) in [5.41, 5.74) is 8.67. The van der Waals surface area contributed by atoms with Gasteiger partial charge in [-0.15, -0.1) is 11.3 Å². The first-order chi connectivity index (χ1) is 34.7. The maximum absolute atomic E-state index is 5.66. The maximum Gasteiger partial charge on any atom is 0.160 e. The van der Waals surface area contributed by atoms with E-state index in [-0.39, 0.29) is 0 Å². The lowest BCUT2D eigenvalue weighted by molar-refractivity contribution is 0.675. The molecule has 326 valence electrons. The Kier molecular flexibility index (Phi) is 8.56. The molecule has 4 nitrogen and oxygen atoms in total. The van der Waals surface area contributed by atoms with Gasteiger partial charge in [0.2, 0.25) is 0 Å². The lowest BCUT2D eigenvalue weighted by atomic mass is 9.91. The number of fused-ring (bicyclic) bond motifs is 14. The molecule has 1 atom stereocenters. The van der Waals surface area contributed by atoms with Crippen LogP contribution in [-0.2, 0) is 0 Å². The Morgan fingerprint density at radius 1 is 0.386 bits per heavy atom. The smallest absolute Gasteiger partial charge is 0.160 e. The molecule has 0 saturated carbocycles. The molecule has 15 rings (SSSR count). The summed E-state index contributed by atoms with van der Waals surface area (Å²) in [6, 6.07) is 84.2. The van der Waals surface area contributed by atoms with E-state index in [1.165, 1.54) is 90.3 Å². The molecule has 1 aliphatic heterocycles. The summed E-state index contributed by atoms with van der Waals surface area (Å²) in [6.45, 7) is 0. The van der Waals surface area contributed by atoms with Crippen LogP contribution in [0.1, 0.15) is 22.9 Å². The van der Waals surface area contributed by atoms with Crippen LogP contribution in [0, 0.1) is 0 Å². The molecule has 1 unspecified atom stereocenters. The highest BCUT2D eigenvalue weighted by molar-refractivity contribution is 7.25. The van der Waals surface area contributed by atoms with E-state index in [9.17, 15) is 0 Å². The van der Waals surface area contributed by atoms with E-state index in [0.29, 0.717) is 5.84 Å². The van der Waals surface area contributed by atoms with Gasteiger partial charge in [0.15, 0.2) is 5.84 Å². The Morgan fingerprint density at radius 3 is 1.81 bits per heavy atom. The highest BCUT2D eigenvalue weighted by Crippen LogP contribution is 2.42. The fraction of sp³-hybridized carbons (Fsp3) is 0.0154. The number of rotatable bonds is 5. The van der Waals surface area contributed by atoms with Crippen molar-refractivity contribution in [1.29, 1.82) is 0 Å². The molecule has 1 aliphatic rings. The van der Waals surface area contributed by atoms with Gasteiger partial charge in [-0.05, 0) is 126 Å². The highest BCUT2D eigenvalue weighted by Gasteiger charge is 2.26. The molecule has 0 spiro atoms. The molecular formula is C65H40N4S. The predicted molar refractivity (Wildman–Crippen MR) is 298 cm³/mol. The molecule has 0 saturated heterocycles. The standard InChI is InChI=1S/C65H40N4S/c1-2-15-40-34-44(29-28-39(40)14-1)63-66-64(68-65(67-63)54-25-13-24-52-48-19-6-5-18-46(48)47-20-7-8-23-51(47)62(52)54)53-32-31-45(38-55(53)43-30-33-61-57(36-43)50-22-10-12-27-60(50)70-61)69-58-26-11-9-21-49(58)56-35-41-16-3-4-17-42(41)37-59(56)69/h1-38,63H,(H,66,67,68). The summed E-state index contributed by atoms with van der Waals surface area (Å²) in [4.78, 5) is 11.3. The number of para-hydroxylation sites is 1. The second-order valence-corrected chi connectivity index (χ2v) is 19.6. The highest BCUT2D eigenvalue weighted by atomic mass is 32.1. The van der Waals surface area contributed by atoms with E-state index in [1.54, 1.807) is 0 Å². The summed E-state index contributed by atoms with van der Waals surface area (Å²) < 4.78 is 4.99. The van der Waals surface area contributed by atoms with E-state index in [0.717, 1.165) is 44.9 Å². The summed E-state index contributed by atoms with van der Waals surface area (Å²) in [7, 11) is 0. The number of hydrogen-bond donors (Lipinski definition) is 1. The molecule has 0 radical (unpaired) electrons. The zero-order chi connectivity index (χ0) is 45.9. The summed E-state index contributed by atoms with van der Waals surface area (Å²) in [5, 5.41) is 20.9.